The lowest BCUT2D eigenvalue weighted by molar-refractivity contribution is -0.384. The molecule has 0 spiro atoms. The largest absolute Gasteiger partial charge is 0.335 e. The van der Waals surface area contributed by atoms with E-state index in [2.05, 4.69) is 10.2 Å². The minimum Gasteiger partial charge on any atom is -0.335 e. The number of halogens is 1. The maximum Gasteiger partial charge on any atom is 0.270 e. The SMILES string of the molecule is Nn1c(Sc2ccc([N+](=O)[O-])cc2Cl)nnc1-c1cccs1. The first-order valence-electron chi connectivity index (χ1n) is 5.92. The van der Waals surface area contributed by atoms with Gasteiger partial charge in [0.15, 0.2) is 5.82 Å². The molecule has 1 aromatic carbocycles. The van der Waals surface area contributed by atoms with E-state index in [4.69, 9.17) is 17.4 Å². The van der Waals surface area contributed by atoms with Crippen LogP contribution >= 0.6 is 34.7 Å². The van der Waals surface area contributed by atoms with Gasteiger partial charge in [0.25, 0.3) is 5.69 Å². The highest BCUT2D eigenvalue weighted by Crippen LogP contribution is 2.35. The third-order valence-corrected chi connectivity index (χ3v) is 5.06. The molecule has 2 N–H and O–H groups in total. The average Bonchev–Trinajstić information content (AvgIpc) is 3.11. The number of nitrogen functional groups attached to an aromatic ring is 1. The molecule has 7 nitrogen and oxygen atoms in total. The number of nitrogens with zero attached hydrogens (tertiary/aromatic N) is 4. The van der Waals surface area contributed by atoms with Crippen molar-refractivity contribution in [1.82, 2.24) is 14.9 Å². The molecule has 2 heterocycles. The first-order chi connectivity index (χ1) is 10.6. The molecular formula is C12H8ClN5O2S2. The van der Waals surface area contributed by atoms with E-state index in [9.17, 15) is 10.1 Å². The van der Waals surface area contributed by atoms with Crippen LogP contribution in [0.4, 0.5) is 5.69 Å². The van der Waals surface area contributed by atoms with Crippen LogP contribution in [0.3, 0.4) is 0 Å². The number of nitro groups is 1. The van der Waals surface area contributed by atoms with E-state index in [1.54, 1.807) is 6.07 Å². The molecule has 112 valence electrons. The van der Waals surface area contributed by atoms with Gasteiger partial charge in [-0.1, -0.05) is 17.7 Å². The Morgan fingerprint density at radius 1 is 1.36 bits per heavy atom. The van der Waals surface area contributed by atoms with Gasteiger partial charge in [-0.3, -0.25) is 10.1 Å². The van der Waals surface area contributed by atoms with Crippen LogP contribution < -0.4 is 5.84 Å². The van der Waals surface area contributed by atoms with Crippen molar-refractivity contribution in [2.24, 2.45) is 0 Å². The minimum absolute atomic E-state index is 0.0668. The number of nitro benzene ring substituents is 1. The summed E-state index contributed by atoms with van der Waals surface area (Å²) >= 11 is 8.76. The smallest absolute Gasteiger partial charge is 0.270 e. The predicted octanol–water partition coefficient (Wildman–Crippen LogP) is 3.43. The van der Waals surface area contributed by atoms with Crippen LogP contribution in [0.2, 0.25) is 5.02 Å². The highest BCUT2D eigenvalue weighted by molar-refractivity contribution is 7.99. The van der Waals surface area contributed by atoms with Gasteiger partial charge in [-0.2, -0.15) is 0 Å². The highest BCUT2D eigenvalue weighted by atomic mass is 35.5. The van der Waals surface area contributed by atoms with Gasteiger partial charge in [0.2, 0.25) is 5.16 Å². The molecule has 0 bridgehead atoms. The van der Waals surface area contributed by atoms with Crippen LogP contribution in [0.25, 0.3) is 10.7 Å². The van der Waals surface area contributed by atoms with Crippen molar-refractivity contribution in [3.8, 4) is 10.7 Å². The third-order valence-electron chi connectivity index (χ3n) is 2.73. The number of benzene rings is 1. The van der Waals surface area contributed by atoms with Crippen molar-refractivity contribution < 1.29 is 4.92 Å². The summed E-state index contributed by atoms with van der Waals surface area (Å²) in [7, 11) is 0. The lowest BCUT2D eigenvalue weighted by Gasteiger charge is -2.04. The first kappa shape index (κ1) is 14.8. The minimum atomic E-state index is -0.499. The van der Waals surface area contributed by atoms with Gasteiger partial charge < -0.3 is 5.84 Å². The van der Waals surface area contributed by atoms with Crippen LogP contribution in [0.5, 0.6) is 0 Å². The Morgan fingerprint density at radius 2 is 2.18 bits per heavy atom. The van der Waals surface area contributed by atoms with Gasteiger partial charge in [-0.15, -0.1) is 21.5 Å². The zero-order valence-corrected chi connectivity index (χ0v) is 13.2. The predicted molar refractivity (Wildman–Crippen MR) is 85.7 cm³/mol. The second kappa shape index (κ2) is 5.95. The zero-order chi connectivity index (χ0) is 15.7. The van der Waals surface area contributed by atoms with Gasteiger partial charge in [0, 0.05) is 17.0 Å². The number of aromatic nitrogens is 3. The lowest BCUT2D eigenvalue weighted by atomic mass is 10.3. The van der Waals surface area contributed by atoms with Gasteiger partial charge >= 0.3 is 0 Å². The average molecular weight is 354 g/mol. The molecule has 22 heavy (non-hydrogen) atoms. The molecule has 3 rings (SSSR count). The molecule has 0 unspecified atom stereocenters. The fourth-order valence-electron chi connectivity index (χ4n) is 1.70. The summed E-state index contributed by atoms with van der Waals surface area (Å²) in [5, 5.41) is 21.4. The van der Waals surface area contributed by atoms with E-state index < -0.39 is 4.92 Å². The van der Waals surface area contributed by atoms with E-state index in [-0.39, 0.29) is 10.7 Å². The van der Waals surface area contributed by atoms with Crippen molar-refractivity contribution in [3.63, 3.8) is 0 Å². The molecule has 0 radical (unpaired) electrons. The topological polar surface area (TPSA) is 99.9 Å². The Labute approximate surface area is 137 Å². The Balaban J connectivity index is 1.90. The molecule has 2 aromatic heterocycles. The molecule has 0 saturated carbocycles. The van der Waals surface area contributed by atoms with Gasteiger partial charge in [-0.25, -0.2) is 4.68 Å². The molecular weight excluding hydrogens is 346 g/mol. The summed E-state index contributed by atoms with van der Waals surface area (Å²) in [6, 6.07) is 8.03. The molecule has 3 aromatic rings. The second-order valence-electron chi connectivity index (χ2n) is 4.13. The number of nitrogens with two attached hydrogens (primary N) is 1. The molecule has 10 heteroatoms. The molecule has 0 amide bonds. The lowest BCUT2D eigenvalue weighted by Crippen LogP contribution is -2.10. The van der Waals surface area contributed by atoms with E-state index in [1.807, 2.05) is 17.5 Å². The van der Waals surface area contributed by atoms with Crippen LogP contribution in [0.15, 0.2) is 45.8 Å². The fraction of sp³-hybridized carbons (Fsp3) is 0. The summed E-state index contributed by atoms with van der Waals surface area (Å²) < 4.78 is 1.37. The number of hydrogen-bond donors (Lipinski definition) is 1. The molecule has 0 aliphatic heterocycles. The summed E-state index contributed by atoms with van der Waals surface area (Å²) in [5.41, 5.74) is -0.0668. The van der Waals surface area contributed by atoms with Crippen molar-refractivity contribution in [1.29, 1.82) is 0 Å². The second-order valence-corrected chi connectivity index (χ2v) is 6.49. The molecule has 0 fully saturated rings. The summed E-state index contributed by atoms with van der Waals surface area (Å²) in [4.78, 5) is 11.7. The maximum absolute atomic E-state index is 10.7. The fourth-order valence-corrected chi connectivity index (χ4v) is 3.46. The number of rotatable bonds is 4. The van der Waals surface area contributed by atoms with Crippen LogP contribution in [-0.4, -0.2) is 19.8 Å². The van der Waals surface area contributed by atoms with E-state index in [0.717, 1.165) is 4.88 Å². The number of thiophene rings is 1. The van der Waals surface area contributed by atoms with Crippen molar-refractivity contribution in [2.75, 3.05) is 5.84 Å². The van der Waals surface area contributed by atoms with Crippen LogP contribution in [0, 0.1) is 10.1 Å². The first-order valence-corrected chi connectivity index (χ1v) is 8.00. The molecule has 0 atom stereocenters. The zero-order valence-electron chi connectivity index (χ0n) is 10.8. The molecule has 0 saturated heterocycles. The Hall–Kier alpha value is -2.10. The van der Waals surface area contributed by atoms with E-state index >= 15 is 0 Å². The molecule has 0 aliphatic rings. The third kappa shape index (κ3) is 2.78. The van der Waals surface area contributed by atoms with Gasteiger partial charge in [0.1, 0.15) is 0 Å². The molecule has 0 aliphatic carbocycles. The van der Waals surface area contributed by atoms with Gasteiger partial charge in [-0.05, 0) is 29.3 Å². The van der Waals surface area contributed by atoms with E-state index in [0.29, 0.717) is 15.9 Å². The van der Waals surface area contributed by atoms with Crippen molar-refractivity contribution in [2.45, 2.75) is 10.1 Å². The Morgan fingerprint density at radius 3 is 2.82 bits per heavy atom. The number of hydrogen-bond acceptors (Lipinski definition) is 7. The quantitative estimate of drug-likeness (QED) is 0.438. The summed E-state index contributed by atoms with van der Waals surface area (Å²) in [5.74, 6) is 6.55. The summed E-state index contributed by atoms with van der Waals surface area (Å²) in [6.45, 7) is 0. The van der Waals surface area contributed by atoms with Crippen LogP contribution in [0.1, 0.15) is 0 Å². The Kier molecular flexibility index (Phi) is 4.01. The standard InChI is InChI=1S/C12H8ClN5O2S2/c13-8-6-7(18(19)20)3-4-9(8)22-12-16-15-11(17(12)14)10-2-1-5-21-10/h1-6H,14H2. The number of non-ortho nitro benzene ring substituents is 1. The van der Waals surface area contributed by atoms with Crippen molar-refractivity contribution >= 4 is 40.4 Å². The van der Waals surface area contributed by atoms with Crippen molar-refractivity contribution in [3.05, 3.63) is 50.8 Å². The summed E-state index contributed by atoms with van der Waals surface area (Å²) in [6.07, 6.45) is 0. The monoisotopic (exact) mass is 353 g/mol. The van der Waals surface area contributed by atoms with Gasteiger partial charge in [0.05, 0.1) is 14.8 Å². The van der Waals surface area contributed by atoms with E-state index in [1.165, 1.54) is 39.9 Å². The normalized spacial score (nSPS) is 10.8. The Bertz CT molecular complexity index is 834. The highest BCUT2D eigenvalue weighted by Gasteiger charge is 2.16. The van der Waals surface area contributed by atoms with Crippen LogP contribution in [-0.2, 0) is 0 Å². The maximum atomic E-state index is 10.7.